The lowest BCUT2D eigenvalue weighted by molar-refractivity contribution is -0.136. The van der Waals surface area contributed by atoms with E-state index in [2.05, 4.69) is 38.4 Å². The predicted octanol–water partition coefficient (Wildman–Crippen LogP) is 6.19. The number of benzene rings is 2. The van der Waals surface area contributed by atoms with Crippen LogP contribution in [-0.2, 0) is 16.1 Å². The quantitative estimate of drug-likeness (QED) is 0.266. The number of hydrogen-bond donors (Lipinski definition) is 0. The van der Waals surface area contributed by atoms with Gasteiger partial charge in [0.15, 0.2) is 5.75 Å². The van der Waals surface area contributed by atoms with Crippen molar-refractivity contribution in [3.63, 3.8) is 0 Å². The molecule has 130 valence electrons. The first-order chi connectivity index (χ1) is 12.0. The van der Waals surface area contributed by atoms with Gasteiger partial charge in [0, 0.05) is 10.5 Å². The van der Waals surface area contributed by atoms with Crippen molar-refractivity contribution >= 4 is 55.5 Å². The summed E-state index contributed by atoms with van der Waals surface area (Å²) in [6.07, 6.45) is 4.47. The van der Waals surface area contributed by atoms with Gasteiger partial charge in [0.05, 0.1) is 9.50 Å². The third-order valence-corrected chi connectivity index (χ3v) is 4.41. The Balaban J connectivity index is 2.07. The van der Waals surface area contributed by atoms with E-state index in [-0.39, 0.29) is 6.61 Å². The molecule has 0 bridgehead atoms. The SMILES string of the molecule is C=CCOC(=O)/C=C/c1cc(Cl)c(OCc2cccc(Br)c2)c(Br)c1. The zero-order valence-electron chi connectivity index (χ0n) is 13.2. The normalized spacial score (nSPS) is 10.7. The number of ether oxygens (including phenoxy) is 2. The minimum atomic E-state index is -0.442. The Kier molecular flexibility index (Phi) is 7.75. The summed E-state index contributed by atoms with van der Waals surface area (Å²) < 4.78 is 12.4. The average molecular weight is 487 g/mol. The molecule has 0 heterocycles. The van der Waals surface area contributed by atoms with Crippen LogP contribution in [0, 0.1) is 0 Å². The zero-order valence-corrected chi connectivity index (χ0v) is 17.1. The second-order valence-electron chi connectivity index (χ2n) is 4.98. The molecule has 0 aliphatic rings. The molecule has 2 rings (SSSR count). The average Bonchev–Trinajstić information content (AvgIpc) is 2.57. The van der Waals surface area contributed by atoms with Crippen LogP contribution in [0.5, 0.6) is 5.75 Å². The predicted molar refractivity (Wildman–Crippen MR) is 108 cm³/mol. The van der Waals surface area contributed by atoms with Crippen LogP contribution in [0.1, 0.15) is 11.1 Å². The third-order valence-electron chi connectivity index (χ3n) is 3.05. The Morgan fingerprint density at radius 3 is 2.72 bits per heavy atom. The van der Waals surface area contributed by atoms with Crippen molar-refractivity contribution in [3.8, 4) is 5.75 Å². The first-order valence-corrected chi connectivity index (χ1v) is 9.28. The van der Waals surface area contributed by atoms with Crippen molar-refractivity contribution in [1.82, 2.24) is 0 Å². The minimum Gasteiger partial charge on any atom is -0.486 e. The third kappa shape index (κ3) is 6.34. The van der Waals surface area contributed by atoms with Crippen LogP contribution in [0.15, 0.2) is 64.1 Å². The first-order valence-electron chi connectivity index (χ1n) is 7.31. The molecule has 0 amide bonds. The van der Waals surface area contributed by atoms with Crippen LogP contribution in [0.3, 0.4) is 0 Å². The van der Waals surface area contributed by atoms with E-state index in [9.17, 15) is 4.79 Å². The zero-order chi connectivity index (χ0) is 18.2. The largest absolute Gasteiger partial charge is 0.486 e. The Morgan fingerprint density at radius 2 is 2.04 bits per heavy atom. The van der Waals surface area contributed by atoms with Gasteiger partial charge in [-0.25, -0.2) is 4.79 Å². The summed E-state index contributed by atoms with van der Waals surface area (Å²) in [5.41, 5.74) is 1.77. The Morgan fingerprint density at radius 1 is 1.24 bits per heavy atom. The number of carbonyl (C=O) groups excluding carboxylic acids is 1. The van der Waals surface area contributed by atoms with Gasteiger partial charge in [0.1, 0.15) is 13.2 Å². The van der Waals surface area contributed by atoms with E-state index in [1.165, 1.54) is 12.2 Å². The van der Waals surface area contributed by atoms with Crippen molar-refractivity contribution in [2.24, 2.45) is 0 Å². The van der Waals surface area contributed by atoms with E-state index in [1.54, 1.807) is 12.1 Å². The van der Waals surface area contributed by atoms with Crippen molar-refractivity contribution in [3.05, 3.63) is 80.2 Å². The van der Waals surface area contributed by atoms with Gasteiger partial charge >= 0.3 is 5.97 Å². The molecule has 0 aliphatic heterocycles. The van der Waals surface area contributed by atoms with Crippen LogP contribution in [0.2, 0.25) is 5.02 Å². The summed E-state index contributed by atoms with van der Waals surface area (Å²) in [5.74, 6) is 0.107. The topological polar surface area (TPSA) is 35.5 Å². The molecular formula is C19H15Br2ClO3. The van der Waals surface area contributed by atoms with Crippen molar-refractivity contribution in [2.75, 3.05) is 6.61 Å². The summed E-state index contributed by atoms with van der Waals surface area (Å²) in [5, 5.41) is 0.448. The maximum absolute atomic E-state index is 11.5. The van der Waals surface area contributed by atoms with Crippen LogP contribution < -0.4 is 4.74 Å². The fourth-order valence-electron chi connectivity index (χ4n) is 1.95. The van der Waals surface area contributed by atoms with Crippen molar-refractivity contribution in [1.29, 1.82) is 0 Å². The second-order valence-corrected chi connectivity index (χ2v) is 7.16. The molecule has 0 radical (unpaired) electrons. The van der Waals surface area contributed by atoms with Crippen LogP contribution >= 0.6 is 43.5 Å². The number of hydrogen-bond acceptors (Lipinski definition) is 3. The molecular weight excluding hydrogens is 471 g/mol. The number of rotatable bonds is 7. The molecule has 2 aromatic rings. The molecule has 0 atom stereocenters. The lowest BCUT2D eigenvalue weighted by Gasteiger charge is -2.11. The molecule has 0 spiro atoms. The molecule has 0 fully saturated rings. The van der Waals surface area contributed by atoms with Crippen LogP contribution in [0.25, 0.3) is 6.08 Å². The Labute approximate surface area is 168 Å². The Bertz CT molecular complexity index is 780. The molecule has 25 heavy (non-hydrogen) atoms. The smallest absolute Gasteiger partial charge is 0.331 e. The molecule has 0 unspecified atom stereocenters. The Hall–Kier alpha value is -1.56. The minimum absolute atomic E-state index is 0.177. The fourth-order valence-corrected chi connectivity index (χ4v) is 3.38. The van der Waals surface area contributed by atoms with Crippen LogP contribution in [-0.4, -0.2) is 12.6 Å². The van der Waals surface area contributed by atoms with E-state index < -0.39 is 5.97 Å². The van der Waals surface area contributed by atoms with E-state index in [1.807, 2.05) is 30.3 Å². The lowest BCUT2D eigenvalue weighted by atomic mass is 10.2. The highest BCUT2D eigenvalue weighted by atomic mass is 79.9. The number of carbonyl (C=O) groups is 1. The van der Waals surface area contributed by atoms with Gasteiger partial charge < -0.3 is 9.47 Å². The van der Waals surface area contributed by atoms with Gasteiger partial charge in [-0.05, 0) is 57.4 Å². The van der Waals surface area contributed by atoms with Crippen LogP contribution in [0.4, 0.5) is 0 Å². The maximum atomic E-state index is 11.5. The van der Waals surface area contributed by atoms with Gasteiger partial charge in [0.25, 0.3) is 0 Å². The molecule has 0 saturated carbocycles. The molecule has 3 nitrogen and oxygen atoms in total. The highest BCUT2D eigenvalue weighted by Crippen LogP contribution is 2.35. The standard InChI is InChI=1S/C19H15Br2ClO3/c1-2-8-24-18(23)7-6-13-10-16(21)19(17(22)11-13)25-12-14-4-3-5-15(20)9-14/h2-7,9-11H,1,8,12H2/b7-6+. The maximum Gasteiger partial charge on any atom is 0.331 e. The van der Waals surface area contributed by atoms with Crippen molar-refractivity contribution < 1.29 is 14.3 Å². The van der Waals surface area contributed by atoms with Crippen molar-refractivity contribution in [2.45, 2.75) is 6.61 Å². The van der Waals surface area contributed by atoms with Gasteiger partial charge in [-0.15, -0.1) is 0 Å². The van der Waals surface area contributed by atoms with E-state index in [0.717, 1.165) is 15.6 Å². The van der Waals surface area contributed by atoms with E-state index in [0.29, 0.717) is 21.9 Å². The lowest BCUT2D eigenvalue weighted by Crippen LogP contribution is -1.99. The fraction of sp³-hybridized carbons (Fsp3) is 0.105. The second kappa shape index (κ2) is 9.80. The molecule has 0 N–H and O–H groups in total. The summed E-state index contributed by atoms with van der Waals surface area (Å²) in [4.78, 5) is 11.5. The molecule has 6 heteroatoms. The molecule has 0 saturated heterocycles. The number of halogens is 3. The van der Waals surface area contributed by atoms with E-state index in [4.69, 9.17) is 21.1 Å². The highest BCUT2D eigenvalue weighted by molar-refractivity contribution is 9.10. The summed E-state index contributed by atoms with van der Waals surface area (Å²) in [7, 11) is 0. The molecule has 2 aromatic carbocycles. The number of esters is 1. The first kappa shape index (κ1) is 19.8. The van der Waals surface area contributed by atoms with Gasteiger partial charge in [0.2, 0.25) is 0 Å². The summed E-state index contributed by atoms with van der Waals surface area (Å²) >= 11 is 13.2. The van der Waals surface area contributed by atoms with Gasteiger partial charge in [-0.3, -0.25) is 0 Å². The molecule has 0 aliphatic carbocycles. The molecule has 0 aromatic heterocycles. The summed E-state index contributed by atoms with van der Waals surface area (Å²) in [6, 6.07) is 11.4. The van der Waals surface area contributed by atoms with E-state index >= 15 is 0 Å². The van der Waals surface area contributed by atoms with Gasteiger partial charge in [-0.1, -0.05) is 52.3 Å². The summed E-state index contributed by atoms with van der Waals surface area (Å²) in [6.45, 7) is 4.05. The monoisotopic (exact) mass is 484 g/mol. The van der Waals surface area contributed by atoms with Gasteiger partial charge in [-0.2, -0.15) is 0 Å². The highest BCUT2D eigenvalue weighted by Gasteiger charge is 2.09.